The van der Waals surface area contributed by atoms with Gasteiger partial charge in [0.1, 0.15) is 6.33 Å². The number of likely N-dealkylation sites (tertiary alicyclic amines) is 1. The summed E-state index contributed by atoms with van der Waals surface area (Å²) in [7, 11) is -3.64. The first-order valence-electron chi connectivity index (χ1n) is 9.76. The third-order valence-corrected chi connectivity index (χ3v) is 7.33. The molecule has 8 heteroatoms. The van der Waals surface area contributed by atoms with Gasteiger partial charge in [0.2, 0.25) is 5.13 Å². The number of piperidine rings is 1. The van der Waals surface area contributed by atoms with Gasteiger partial charge < -0.3 is 0 Å². The molecule has 2 heterocycles. The highest BCUT2D eigenvalue weighted by atomic mass is 32.2. The maximum absolute atomic E-state index is 12.5. The average Bonchev–Trinajstić information content (AvgIpc) is 3.23. The second-order valence-electron chi connectivity index (χ2n) is 7.31. The van der Waals surface area contributed by atoms with Crippen LogP contribution in [0.1, 0.15) is 30.4 Å². The van der Waals surface area contributed by atoms with Crippen LogP contribution in [0.5, 0.6) is 0 Å². The normalized spacial score (nSPS) is 17.9. The van der Waals surface area contributed by atoms with Crippen molar-refractivity contribution in [2.45, 2.75) is 43.2 Å². The van der Waals surface area contributed by atoms with E-state index in [1.54, 1.807) is 12.1 Å². The molecule has 1 aliphatic heterocycles. The minimum Gasteiger partial charge on any atom is -0.296 e. The zero-order valence-corrected chi connectivity index (χ0v) is 17.7. The molecular weight excluding hydrogens is 404 g/mol. The van der Waals surface area contributed by atoms with Crippen LogP contribution in [0, 0.1) is 0 Å². The summed E-state index contributed by atoms with van der Waals surface area (Å²) in [5.41, 5.74) is 2.49. The Morgan fingerprint density at radius 2 is 1.83 bits per heavy atom. The Balaban J connectivity index is 1.43. The molecule has 2 aromatic carbocycles. The standard InChI is InChI=1S/C21H24N4O2S2/c26-29(27,24-21-22-16-23-28-21)20-11-9-18(10-12-20)15-25-13-5-4-8-19(25)14-17-6-2-1-3-7-17/h1-3,6-7,9-12,16,19H,4-5,8,13-15H2,(H,22,23,24)/t19-/m0/s1. The highest BCUT2D eigenvalue weighted by Gasteiger charge is 2.23. The number of benzene rings is 2. The molecule has 1 aliphatic rings. The fraction of sp³-hybridized carbons (Fsp3) is 0.333. The van der Waals surface area contributed by atoms with Gasteiger partial charge >= 0.3 is 0 Å². The van der Waals surface area contributed by atoms with Crippen molar-refractivity contribution >= 4 is 26.7 Å². The number of sulfonamides is 1. The molecule has 1 saturated heterocycles. The van der Waals surface area contributed by atoms with Crippen LogP contribution in [0.25, 0.3) is 0 Å². The van der Waals surface area contributed by atoms with Gasteiger partial charge in [-0.25, -0.2) is 13.4 Å². The molecule has 0 bridgehead atoms. The molecule has 0 unspecified atom stereocenters. The van der Waals surface area contributed by atoms with Crippen LogP contribution in [0.15, 0.2) is 65.8 Å². The van der Waals surface area contributed by atoms with Crippen LogP contribution in [0.2, 0.25) is 0 Å². The van der Waals surface area contributed by atoms with Gasteiger partial charge in [0.25, 0.3) is 10.0 Å². The Morgan fingerprint density at radius 3 is 2.55 bits per heavy atom. The van der Waals surface area contributed by atoms with Gasteiger partial charge in [-0.15, -0.1) is 0 Å². The van der Waals surface area contributed by atoms with Crippen molar-refractivity contribution in [3.05, 3.63) is 72.1 Å². The summed E-state index contributed by atoms with van der Waals surface area (Å²) in [5, 5.41) is 0.270. The van der Waals surface area contributed by atoms with Crippen LogP contribution < -0.4 is 4.72 Å². The van der Waals surface area contributed by atoms with Crippen molar-refractivity contribution in [1.29, 1.82) is 0 Å². The van der Waals surface area contributed by atoms with Gasteiger partial charge in [0.15, 0.2) is 0 Å². The molecule has 4 rings (SSSR count). The molecule has 0 spiro atoms. The first kappa shape index (κ1) is 20.0. The predicted octanol–water partition coefficient (Wildman–Crippen LogP) is 3.94. The third-order valence-electron chi connectivity index (χ3n) is 5.27. The monoisotopic (exact) mass is 428 g/mol. The molecule has 1 atom stereocenters. The molecular formula is C21H24N4O2S2. The van der Waals surface area contributed by atoms with E-state index in [0.717, 1.165) is 36.6 Å². The zero-order valence-electron chi connectivity index (χ0n) is 16.1. The van der Waals surface area contributed by atoms with Crippen LogP contribution in [0.4, 0.5) is 5.13 Å². The quantitative estimate of drug-likeness (QED) is 0.617. The first-order chi connectivity index (χ1) is 14.1. The largest absolute Gasteiger partial charge is 0.296 e. The second kappa shape index (κ2) is 9.02. The Morgan fingerprint density at radius 1 is 1.03 bits per heavy atom. The Hall–Kier alpha value is -2.29. The average molecular weight is 429 g/mol. The van der Waals surface area contributed by atoms with Crippen molar-refractivity contribution in [3.63, 3.8) is 0 Å². The molecule has 6 nitrogen and oxygen atoms in total. The molecule has 1 fully saturated rings. The fourth-order valence-corrected chi connectivity index (χ4v) is 5.45. The number of anilines is 1. The zero-order chi connectivity index (χ0) is 20.1. The van der Waals surface area contributed by atoms with E-state index in [1.807, 2.05) is 12.1 Å². The topological polar surface area (TPSA) is 75.2 Å². The van der Waals surface area contributed by atoms with Crippen LogP contribution >= 0.6 is 11.5 Å². The van der Waals surface area contributed by atoms with E-state index < -0.39 is 10.0 Å². The van der Waals surface area contributed by atoms with Crippen LogP contribution in [-0.4, -0.2) is 35.3 Å². The van der Waals surface area contributed by atoms with Gasteiger partial charge in [-0.05, 0) is 49.1 Å². The van der Waals surface area contributed by atoms with E-state index in [9.17, 15) is 8.42 Å². The summed E-state index contributed by atoms with van der Waals surface area (Å²) >= 11 is 1.01. The Kier molecular flexibility index (Phi) is 6.22. The van der Waals surface area contributed by atoms with Gasteiger partial charge in [0.05, 0.1) is 4.90 Å². The number of nitrogens with zero attached hydrogens (tertiary/aromatic N) is 3. The molecule has 29 heavy (non-hydrogen) atoms. The lowest BCUT2D eigenvalue weighted by atomic mass is 9.95. The van der Waals surface area contributed by atoms with E-state index in [0.29, 0.717) is 6.04 Å². The molecule has 152 valence electrons. The van der Waals surface area contributed by atoms with E-state index in [1.165, 1.54) is 31.2 Å². The predicted molar refractivity (Wildman–Crippen MR) is 115 cm³/mol. The SMILES string of the molecule is O=S(=O)(Nc1ncns1)c1ccc(CN2CCCC[C@H]2Cc2ccccc2)cc1. The number of hydrogen-bond donors (Lipinski definition) is 1. The highest BCUT2D eigenvalue weighted by molar-refractivity contribution is 7.93. The van der Waals surface area contributed by atoms with Gasteiger partial charge in [-0.2, -0.15) is 4.37 Å². The van der Waals surface area contributed by atoms with E-state index >= 15 is 0 Å². The molecule has 3 aromatic rings. The van der Waals surface area contributed by atoms with Gasteiger partial charge in [-0.3, -0.25) is 9.62 Å². The van der Waals surface area contributed by atoms with E-state index in [4.69, 9.17) is 0 Å². The lowest BCUT2D eigenvalue weighted by Gasteiger charge is -2.36. The number of nitrogens with one attached hydrogen (secondary N) is 1. The molecule has 0 aliphatic carbocycles. The maximum atomic E-state index is 12.5. The second-order valence-corrected chi connectivity index (χ2v) is 9.77. The Bertz CT molecular complexity index is 1010. The van der Waals surface area contributed by atoms with Crippen LogP contribution in [-0.2, 0) is 23.0 Å². The minimum atomic E-state index is -3.64. The third kappa shape index (κ3) is 5.20. The van der Waals surface area contributed by atoms with Crippen molar-refractivity contribution in [1.82, 2.24) is 14.3 Å². The molecule has 1 N–H and O–H groups in total. The summed E-state index contributed by atoms with van der Waals surface area (Å²) in [6.07, 6.45) is 6.06. The first-order valence-corrected chi connectivity index (χ1v) is 12.0. The van der Waals surface area contributed by atoms with E-state index in [2.05, 4.69) is 49.3 Å². The molecule has 0 saturated carbocycles. The summed E-state index contributed by atoms with van der Waals surface area (Å²) in [4.78, 5) is 6.63. The van der Waals surface area contributed by atoms with Gasteiger partial charge in [0, 0.05) is 24.1 Å². The molecule has 0 amide bonds. The summed E-state index contributed by atoms with van der Waals surface area (Å²) in [6.45, 7) is 1.91. The number of hydrogen-bond acceptors (Lipinski definition) is 6. The lowest BCUT2D eigenvalue weighted by molar-refractivity contribution is 0.139. The number of aromatic nitrogens is 2. The molecule has 0 radical (unpaired) electrons. The highest BCUT2D eigenvalue weighted by Crippen LogP contribution is 2.24. The summed E-state index contributed by atoms with van der Waals surface area (Å²) in [6, 6.07) is 18.3. The van der Waals surface area contributed by atoms with Crippen molar-refractivity contribution in [3.8, 4) is 0 Å². The van der Waals surface area contributed by atoms with Crippen molar-refractivity contribution in [2.75, 3.05) is 11.3 Å². The number of rotatable bonds is 7. The van der Waals surface area contributed by atoms with E-state index in [-0.39, 0.29) is 10.0 Å². The van der Waals surface area contributed by atoms with Crippen molar-refractivity contribution in [2.24, 2.45) is 0 Å². The lowest BCUT2D eigenvalue weighted by Crippen LogP contribution is -2.40. The van der Waals surface area contributed by atoms with Crippen molar-refractivity contribution < 1.29 is 8.42 Å². The minimum absolute atomic E-state index is 0.232. The maximum Gasteiger partial charge on any atom is 0.263 e. The van der Waals surface area contributed by atoms with Crippen LogP contribution in [0.3, 0.4) is 0 Å². The smallest absolute Gasteiger partial charge is 0.263 e. The fourth-order valence-electron chi connectivity index (χ4n) is 3.79. The summed E-state index contributed by atoms with van der Waals surface area (Å²) in [5.74, 6) is 0. The Labute approximate surface area is 175 Å². The van der Waals surface area contributed by atoms with Gasteiger partial charge in [-0.1, -0.05) is 48.9 Å². The summed E-state index contributed by atoms with van der Waals surface area (Å²) < 4.78 is 31.2. The molecule has 1 aromatic heterocycles.